The number of nitrogens with one attached hydrogen (secondary N) is 1. The number of rotatable bonds is 6. The van der Waals surface area contributed by atoms with E-state index in [2.05, 4.69) is 53.3 Å². The monoisotopic (exact) mass is 302 g/mol. The first-order chi connectivity index (χ1) is 10.6. The minimum atomic E-state index is 0.533. The van der Waals surface area contributed by atoms with Crippen molar-refractivity contribution >= 4 is 5.96 Å². The molecular weight excluding hydrogens is 272 g/mol. The zero-order valence-corrected chi connectivity index (χ0v) is 14.0. The standard InChI is InChI=1S/C18H30N4/c1-15(2)12-20-18(19)21-13-16-6-8-17(9-7-16)14-22-10-4-3-5-11-22/h6-9,15H,3-5,10-14H2,1-2H3,(H3,19,20,21). The maximum atomic E-state index is 5.86. The summed E-state index contributed by atoms with van der Waals surface area (Å²) in [4.78, 5) is 6.93. The lowest BCUT2D eigenvalue weighted by atomic mass is 10.1. The minimum absolute atomic E-state index is 0.533. The molecule has 0 amide bonds. The van der Waals surface area contributed by atoms with Crippen molar-refractivity contribution in [2.75, 3.05) is 19.6 Å². The predicted molar refractivity (Wildman–Crippen MR) is 93.7 cm³/mol. The fourth-order valence-electron chi connectivity index (χ4n) is 2.67. The summed E-state index contributed by atoms with van der Waals surface area (Å²) in [5, 5.41) is 3.14. The molecule has 0 unspecified atom stereocenters. The summed E-state index contributed by atoms with van der Waals surface area (Å²) in [7, 11) is 0. The molecule has 2 rings (SSSR count). The molecule has 1 aliphatic heterocycles. The van der Waals surface area contributed by atoms with Crippen molar-refractivity contribution < 1.29 is 0 Å². The molecule has 22 heavy (non-hydrogen) atoms. The summed E-state index contributed by atoms with van der Waals surface area (Å²) in [6.45, 7) is 9.36. The number of guanidine groups is 1. The van der Waals surface area contributed by atoms with E-state index in [0.717, 1.165) is 13.1 Å². The van der Waals surface area contributed by atoms with Crippen LogP contribution in [0.2, 0.25) is 0 Å². The summed E-state index contributed by atoms with van der Waals surface area (Å²) in [5.74, 6) is 1.11. The van der Waals surface area contributed by atoms with Gasteiger partial charge in [-0.1, -0.05) is 44.5 Å². The van der Waals surface area contributed by atoms with Gasteiger partial charge < -0.3 is 11.1 Å². The number of benzene rings is 1. The fourth-order valence-corrected chi connectivity index (χ4v) is 2.67. The van der Waals surface area contributed by atoms with E-state index in [1.165, 1.54) is 43.5 Å². The predicted octanol–water partition coefficient (Wildman–Crippen LogP) is 2.73. The van der Waals surface area contributed by atoms with E-state index >= 15 is 0 Å². The van der Waals surface area contributed by atoms with Gasteiger partial charge in [0.15, 0.2) is 5.96 Å². The van der Waals surface area contributed by atoms with E-state index in [1.807, 2.05) is 0 Å². The van der Waals surface area contributed by atoms with Crippen LogP contribution in [0.5, 0.6) is 0 Å². The SMILES string of the molecule is CC(C)CNC(N)=NCc1ccc(CN2CCCCC2)cc1. The summed E-state index contributed by atoms with van der Waals surface area (Å²) < 4.78 is 0. The van der Waals surface area contributed by atoms with Gasteiger partial charge in [0.1, 0.15) is 0 Å². The number of aliphatic imine (C=N–C) groups is 1. The third kappa shape index (κ3) is 6.06. The Morgan fingerprint density at radius 2 is 1.77 bits per heavy atom. The molecule has 4 nitrogen and oxygen atoms in total. The van der Waals surface area contributed by atoms with Crippen LogP contribution in [-0.4, -0.2) is 30.5 Å². The van der Waals surface area contributed by atoms with Gasteiger partial charge in [0, 0.05) is 13.1 Å². The number of piperidine rings is 1. The van der Waals surface area contributed by atoms with E-state index in [1.54, 1.807) is 0 Å². The van der Waals surface area contributed by atoms with Crippen LogP contribution in [0.15, 0.2) is 29.3 Å². The highest BCUT2D eigenvalue weighted by Crippen LogP contribution is 2.13. The van der Waals surface area contributed by atoms with Gasteiger partial charge >= 0.3 is 0 Å². The number of nitrogens with zero attached hydrogens (tertiary/aromatic N) is 2. The number of likely N-dealkylation sites (tertiary alicyclic amines) is 1. The van der Waals surface area contributed by atoms with Crippen LogP contribution in [0.4, 0.5) is 0 Å². The van der Waals surface area contributed by atoms with Crippen molar-refractivity contribution in [3.63, 3.8) is 0 Å². The smallest absolute Gasteiger partial charge is 0.188 e. The second-order valence-corrected chi connectivity index (χ2v) is 6.63. The van der Waals surface area contributed by atoms with E-state index in [4.69, 9.17) is 5.73 Å². The molecule has 0 atom stereocenters. The molecule has 0 radical (unpaired) electrons. The van der Waals surface area contributed by atoms with Crippen LogP contribution in [0.1, 0.15) is 44.2 Å². The molecule has 1 aliphatic rings. The van der Waals surface area contributed by atoms with Crippen molar-refractivity contribution in [2.24, 2.45) is 16.6 Å². The number of hydrogen-bond acceptors (Lipinski definition) is 2. The third-order valence-electron chi connectivity index (χ3n) is 4.00. The van der Waals surface area contributed by atoms with Crippen molar-refractivity contribution in [3.8, 4) is 0 Å². The first-order valence-corrected chi connectivity index (χ1v) is 8.47. The second kappa shape index (κ2) is 8.79. The molecule has 0 bridgehead atoms. The molecule has 1 aromatic carbocycles. The quantitative estimate of drug-likeness (QED) is 0.627. The van der Waals surface area contributed by atoms with Gasteiger partial charge in [0.25, 0.3) is 0 Å². The van der Waals surface area contributed by atoms with Crippen LogP contribution in [-0.2, 0) is 13.1 Å². The highest BCUT2D eigenvalue weighted by Gasteiger charge is 2.10. The largest absolute Gasteiger partial charge is 0.370 e. The zero-order valence-electron chi connectivity index (χ0n) is 14.0. The lowest BCUT2D eigenvalue weighted by Gasteiger charge is -2.26. The molecule has 0 spiro atoms. The number of nitrogens with two attached hydrogens (primary N) is 1. The van der Waals surface area contributed by atoms with Gasteiger partial charge in [-0.3, -0.25) is 4.90 Å². The van der Waals surface area contributed by atoms with Gasteiger partial charge in [0.05, 0.1) is 6.54 Å². The summed E-state index contributed by atoms with van der Waals surface area (Å²) in [6, 6.07) is 8.77. The topological polar surface area (TPSA) is 53.6 Å². The maximum absolute atomic E-state index is 5.86. The van der Waals surface area contributed by atoms with Crippen LogP contribution in [0.3, 0.4) is 0 Å². The van der Waals surface area contributed by atoms with E-state index < -0.39 is 0 Å². The van der Waals surface area contributed by atoms with Crippen molar-refractivity contribution in [1.29, 1.82) is 0 Å². The summed E-state index contributed by atoms with van der Waals surface area (Å²) in [5.41, 5.74) is 8.45. The molecule has 0 aromatic heterocycles. The molecule has 1 aromatic rings. The Morgan fingerprint density at radius 1 is 1.14 bits per heavy atom. The maximum Gasteiger partial charge on any atom is 0.188 e. The first kappa shape index (κ1) is 16.8. The molecule has 1 heterocycles. The molecule has 4 heteroatoms. The van der Waals surface area contributed by atoms with Crippen molar-refractivity contribution in [3.05, 3.63) is 35.4 Å². The Labute approximate surface area is 134 Å². The summed E-state index contributed by atoms with van der Waals surface area (Å²) in [6.07, 6.45) is 4.07. The summed E-state index contributed by atoms with van der Waals surface area (Å²) >= 11 is 0. The highest BCUT2D eigenvalue weighted by atomic mass is 15.1. The van der Waals surface area contributed by atoms with Gasteiger partial charge in [-0.2, -0.15) is 0 Å². The molecule has 3 N–H and O–H groups in total. The van der Waals surface area contributed by atoms with Gasteiger partial charge in [-0.15, -0.1) is 0 Å². The van der Waals surface area contributed by atoms with E-state index in [9.17, 15) is 0 Å². The molecule has 1 saturated heterocycles. The van der Waals surface area contributed by atoms with Crippen LogP contribution in [0, 0.1) is 5.92 Å². The molecule has 1 fully saturated rings. The molecule has 0 saturated carbocycles. The van der Waals surface area contributed by atoms with Crippen LogP contribution in [0.25, 0.3) is 0 Å². The molecular formula is C18H30N4. The Morgan fingerprint density at radius 3 is 2.41 bits per heavy atom. The zero-order chi connectivity index (χ0) is 15.8. The lowest BCUT2D eigenvalue weighted by Crippen LogP contribution is -2.34. The first-order valence-electron chi connectivity index (χ1n) is 8.47. The lowest BCUT2D eigenvalue weighted by molar-refractivity contribution is 0.221. The normalized spacial score (nSPS) is 17.0. The van der Waals surface area contributed by atoms with Crippen molar-refractivity contribution in [2.45, 2.75) is 46.2 Å². The fraction of sp³-hybridized carbons (Fsp3) is 0.611. The van der Waals surface area contributed by atoms with Gasteiger partial charge in [-0.25, -0.2) is 4.99 Å². The minimum Gasteiger partial charge on any atom is -0.370 e. The Hall–Kier alpha value is -1.55. The van der Waals surface area contributed by atoms with Crippen molar-refractivity contribution in [1.82, 2.24) is 10.2 Å². The van der Waals surface area contributed by atoms with Gasteiger partial charge in [-0.05, 0) is 43.0 Å². The average Bonchev–Trinajstić information content (AvgIpc) is 2.53. The third-order valence-corrected chi connectivity index (χ3v) is 4.00. The molecule has 122 valence electrons. The van der Waals surface area contributed by atoms with Crippen LogP contribution < -0.4 is 11.1 Å². The second-order valence-electron chi connectivity index (χ2n) is 6.63. The van der Waals surface area contributed by atoms with Crippen LogP contribution >= 0.6 is 0 Å². The van der Waals surface area contributed by atoms with E-state index in [-0.39, 0.29) is 0 Å². The number of hydrogen-bond donors (Lipinski definition) is 2. The van der Waals surface area contributed by atoms with Gasteiger partial charge in [0.2, 0.25) is 0 Å². The van der Waals surface area contributed by atoms with E-state index in [0.29, 0.717) is 18.4 Å². The Kier molecular flexibility index (Phi) is 6.72. The Balaban J connectivity index is 1.79. The average molecular weight is 302 g/mol. The Bertz CT molecular complexity index is 458. The highest BCUT2D eigenvalue weighted by molar-refractivity contribution is 5.77. The molecule has 0 aliphatic carbocycles.